The monoisotopic (exact) mass is 377 g/mol. The molecule has 2 fully saturated rings. The Morgan fingerprint density at radius 3 is 2.29 bits per heavy atom. The fourth-order valence-electron chi connectivity index (χ4n) is 4.98. The molecule has 0 aromatic carbocycles. The second-order valence-corrected chi connectivity index (χ2v) is 10.2. The third-order valence-corrected chi connectivity index (χ3v) is 7.46. The SMILES string of the molecule is CC(C)[C@@H](CSO)C(O)N1CC[C@H](C2CCC(Cl)CC2)C(C)(C)C1. The van der Waals surface area contributed by atoms with Crippen LogP contribution in [-0.2, 0) is 0 Å². The topological polar surface area (TPSA) is 43.7 Å². The molecule has 0 aromatic heterocycles. The Balaban J connectivity index is 1.99. The molecule has 3 nitrogen and oxygen atoms in total. The fraction of sp³-hybridized carbons (Fsp3) is 1.00. The first kappa shape index (κ1) is 20.8. The lowest BCUT2D eigenvalue weighted by Crippen LogP contribution is -2.54. The first-order chi connectivity index (χ1) is 11.3. The van der Waals surface area contributed by atoms with Crippen LogP contribution in [0.25, 0.3) is 0 Å². The van der Waals surface area contributed by atoms with Gasteiger partial charge in [-0.3, -0.25) is 4.90 Å². The van der Waals surface area contributed by atoms with Crippen molar-refractivity contribution in [1.82, 2.24) is 4.90 Å². The van der Waals surface area contributed by atoms with Gasteiger partial charge in [-0.2, -0.15) is 0 Å². The van der Waals surface area contributed by atoms with Crippen molar-refractivity contribution < 1.29 is 9.66 Å². The van der Waals surface area contributed by atoms with E-state index in [-0.39, 0.29) is 11.3 Å². The molecule has 1 saturated carbocycles. The van der Waals surface area contributed by atoms with Crippen LogP contribution in [0.4, 0.5) is 0 Å². The van der Waals surface area contributed by atoms with Crippen LogP contribution >= 0.6 is 23.6 Å². The Bertz CT molecular complexity index is 386. The Hall–Kier alpha value is 0.520. The van der Waals surface area contributed by atoms with Gasteiger partial charge in [0.05, 0.1) is 0 Å². The van der Waals surface area contributed by atoms with E-state index in [1.807, 2.05) is 0 Å². The molecule has 24 heavy (non-hydrogen) atoms. The average Bonchev–Trinajstić information content (AvgIpc) is 2.52. The lowest BCUT2D eigenvalue weighted by Gasteiger charge is -2.51. The fourth-order valence-corrected chi connectivity index (χ4v) is 5.96. The summed E-state index contributed by atoms with van der Waals surface area (Å²) in [7, 11) is 0. The van der Waals surface area contributed by atoms with Crippen LogP contribution in [0.1, 0.15) is 59.8 Å². The van der Waals surface area contributed by atoms with Crippen LogP contribution in [0, 0.1) is 29.1 Å². The van der Waals surface area contributed by atoms with Gasteiger partial charge in [0.2, 0.25) is 0 Å². The molecule has 0 aromatic rings. The van der Waals surface area contributed by atoms with Gasteiger partial charge in [-0.25, -0.2) is 0 Å². The van der Waals surface area contributed by atoms with Crippen LogP contribution in [0.3, 0.4) is 0 Å². The van der Waals surface area contributed by atoms with Crippen molar-refractivity contribution >= 4 is 23.6 Å². The minimum Gasteiger partial charge on any atom is -0.378 e. The molecule has 1 unspecified atom stereocenters. The molecule has 1 aliphatic heterocycles. The van der Waals surface area contributed by atoms with E-state index in [1.54, 1.807) is 0 Å². The van der Waals surface area contributed by atoms with E-state index in [0.29, 0.717) is 17.0 Å². The van der Waals surface area contributed by atoms with Gasteiger partial charge in [0.1, 0.15) is 6.23 Å². The molecule has 142 valence electrons. The molecule has 0 amide bonds. The molecule has 2 aliphatic rings. The summed E-state index contributed by atoms with van der Waals surface area (Å²) in [5, 5.41) is 11.3. The quantitative estimate of drug-likeness (QED) is 0.508. The van der Waals surface area contributed by atoms with Gasteiger partial charge in [0, 0.05) is 30.1 Å². The third kappa shape index (κ3) is 5.03. The van der Waals surface area contributed by atoms with Crippen molar-refractivity contribution in [2.24, 2.45) is 29.1 Å². The highest BCUT2D eigenvalue weighted by molar-refractivity contribution is 7.93. The van der Waals surface area contributed by atoms with E-state index in [9.17, 15) is 9.66 Å². The van der Waals surface area contributed by atoms with Crippen LogP contribution < -0.4 is 0 Å². The van der Waals surface area contributed by atoms with Crippen molar-refractivity contribution in [1.29, 1.82) is 0 Å². The zero-order chi connectivity index (χ0) is 17.9. The van der Waals surface area contributed by atoms with E-state index >= 15 is 0 Å². The Morgan fingerprint density at radius 1 is 1.17 bits per heavy atom. The Morgan fingerprint density at radius 2 is 1.79 bits per heavy atom. The molecule has 1 saturated heterocycles. The first-order valence-corrected chi connectivity index (χ1v) is 11.0. The number of aliphatic hydroxyl groups excluding tert-OH is 1. The smallest absolute Gasteiger partial charge is 0.111 e. The molecular formula is C19H36ClNO2S. The number of hydrogen-bond acceptors (Lipinski definition) is 4. The van der Waals surface area contributed by atoms with E-state index in [0.717, 1.165) is 49.8 Å². The number of aliphatic hydroxyl groups is 1. The van der Waals surface area contributed by atoms with Crippen molar-refractivity contribution in [2.75, 3.05) is 18.8 Å². The predicted octanol–water partition coefficient (Wildman–Crippen LogP) is 4.93. The van der Waals surface area contributed by atoms with Gasteiger partial charge in [0.25, 0.3) is 0 Å². The highest BCUT2D eigenvalue weighted by Crippen LogP contribution is 2.46. The zero-order valence-electron chi connectivity index (χ0n) is 15.7. The van der Waals surface area contributed by atoms with E-state index in [1.165, 1.54) is 19.3 Å². The van der Waals surface area contributed by atoms with Gasteiger partial charge in [-0.15, -0.1) is 11.6 Å². The summed E-state index contributed by atoms with van der Waals surface area (Å²) in [6, 6.07) is 0. The molecule has 2 rings (SSSR count). The van der Waals surface area contributed by atoms with Gasteiger partial charge in [0.15, 0.2) is 0 Å². The van der Waals surface area contributed by atoms with Gasteiger partial charge < -0.3 is 9.66 Å². The highest BCUT2D eigenvalue weighted by atomic mass is 35.5. The minimum atomic E-state index is -0.455. The van der Waals surface area contributed by atoms with Crippen LogP contribution in [-0.4, -0.2) is 45.0 Å². The Kier molecular flexibility index (Phi) is 7.76. The van der Waals surface area contributed by atoms with Crippen LogP contribution in [0.5, 0.6) is 0 Å². The highest BCUT2D eigenvalue weighted by Gasteiger charge is 2.43. The maximum Gasteiger partial charge on any atom is 0.111 e. The number of nitrogens with zero attached hydrogens (tertiary/aromatic N) is 1. The second kappa shape index (κ2) is 8.94. The number of piperidine rings is 1. The summed E-state index contributed by atoms with van der Waals surface area (Å²) in [5.41, 5.74) is 0.219. The van der Waals surface area contributed by atoms with Crippen molar-refractivity contribution in [3.8, 4) is 0 Å². The summed E-state index contributed by atoms with van der Waals surface area (Å²) in [6.07, 6.45) is 5.56. The van der Waals surface area contributed by atoms with Gasteiger partial charge in [-0.1, -0.05) is 27.7 Å². The molecule has 5 heteroatoms. The van der Waals surface area contributed by atoms with Gasteiger partial charge in [-0.05, 0) is 67.3 Å². The summed E-state index contributed by atoms with van der Waals surface area (Å²) in [6.45, 7) is 10.9. The predicted molar refractivity (Wildman–Crippen MR) is 104 cm³/mol. The first-order valence-electron chi connectivity index (χ1n) is 9.58. The lowest BCUT2D eigenvalue weighted by atomic mass is 9.64. The number of hydrogen-bond donors (Lipinski definition) is 2. The summed E-state index contributed by atoms with van der Waals surface area (Å²) in [4.78, 5) is 2.25. The third-order valence-electron chi connectivity index (χ3n) is 6.49. The van der Waals surface area contributed by atoms with E-state index in [2.05, 4.69) is 32.6 Å². The second-order valence-electron chi connectivity index (χ2n) is 8.98. The zero-order valence-corrected chi connectivity index (χ0v) is 17.3. The maximum absolute atomic E-state index is 10.9. The van der Waals surface area contributed by atoms with Crippen molar-refractivity contribution in [3.63, 3.8) is 0 Å². The Labute approximate surface area is 157 Å². The molecule has 3 atom stereocenters. The number of rotatable bonds is 6. The molecule has 1 heterocycles. The number of alkyl halides is 1. The largest absolute Gasteiger partial charge is 0.378 e. The molecule has 0 bridgehead atoms. The molecule has 0 spiro atoms. The average molecular weight is 378 g/mol. The van der Waals surface area contributed by atoms with Crippen LogP contribution in [0.2, 0.25) is 0 Å². The normalized spacial score (nSPS) is 34.2. The minimum absolute atomic E-state index is 0.110. The molecular weight excluding hydrogens is 342 g/mol. The van der Waals surface area contributed by atoms with E-state index in [4.69, 9.17) is 11.6 Å². The molecule has 1 aliphatic carbocycles. The van der Waals surface area contributed by atoms with Crippen molar-refractivity contribution in [2.45, 2.75) is 71.4 Å². The van der Waals surface area contributed by atoms with Crippen LogP contribution in [0.15, 0.2) is 0 Å². The van der Waals surface area contributed by atoms with Crippen molar-refractivity contribution in [3.05, 3.63) is 0 Å². The maximum atomic E-state index is 10.9. The molecule has 2 N–H and O–H groups in total. The summed E-state index contributed by atoms with van der Waals surface area (Å²) in [5.74, 6) is 2.59. The summed E-state index contributed by atoms with van der Waals surface area (Å²) < 4.78 is 9.25. The number of likely N-dealkylation sites (tertiary alicyclic amines) is 1. The van der Waals surface area contributed by atoms with E-state index < -0.39 is 6.23 Å². The molecule has 0 radical (unpaired) electrons. The standard InChI is InChI=1S/C19H36ClNO2S/c1-13(2)16(11-24-23)18(22)21-10-9-17(19(3,4)12-21)14-5-7-15(20)8-6-14/h13-18,22-23H,5-12H2,1-4H3/t14?,15?,16-,17-,18?/m1/s1. The lowest BCUT2D eigenvalue weighted by molar-refractivity contribution is -0.102. The summed E-state index contributed by atoms with van der Waals surface area (Å²) >= 11 is 7.14. The number of halogens is 1. The van der Waals surface area contributed by atoms with Gasteiger partial charge >= 0.3 is 0 Å².